The lowest BCUT2D eigenvalue weighted by molar-refractivity contribution is 0.333. The first kappa shape index (κ1) is 13.9. The topological polar surface area (TPSA) is 21.3 Å². The molecule has 0 amide bonds. The van der Waals surface area contributed by atoms with E-state index in [4.69, 9.17) is 4.74 Å². The van der Waals surface area contributed by atoms with Crippen LogP contribution in [0.4, 0.5) is 5.69 Å². The monoisotopic (exact) mass is 319 g/mol. The van der Waals surface area contributed by atoms with Gasteiger partial charge in [-0.2, -0.15) is 0 Å². The van der Waals surface area contributed by atoms with Crippen LogP contribution in [0, 0.1) is 13.8 Å². The smallest absolute Gasteiger partial charge is 0.119 e. The molecule has 0 fully saturated rings. The molecule has 0 bridgehead atoms. The van der Waals surface area contributed by atoms with Gasteiger partial charge in [-0.05, 0) is 61.4 Å². The lowest BCUT2D eigenvalue weighted by Crippen LogP contribution is -2.11. The molecule has 0 spiro atoms. The molecule has 0 saturated carbocycles. The number of hydrogen-bond donors (Lipinski definition) is 1. The molecule has 0 aliphatic heterocycles. The predicted octanol–water partition coefficient (Wildman–Crippen LogP) is 4.56. The van der Waals surface area contributed by atoms with Gasteiger partial charge in [-0.1, -0.05) is 22.0 Å². The summed E-state index contributed by atoms with van der Waals surface area (Å²) in [4.78, 5) is 0. The van der Waals surface area contributed by atoms with E-state index in [2.05, 4.69) is 53.3 Å². The largest absolute Gasteiger partial charge is 0.492 e. The van der Waals surface area contributed by atoms with E-state index in [0.29, 0.717) is 6.61 Å². The zero-order valence-electron chi connectivity index (χ0n) is 11.2. The molecule has 0 unspecified atom stereocenters. The van der Waals surface area contributed by atoms with Crippen molar-refractivity contribution in [1.82, 2.24) is 0 Å². The van der Waals surface area contributed by atoms with Crippen LogP contribution >= 0.6 is 15.9 Å². The highest BCUT2D eigenvalue weighted by Crippen LogP contribution is 2.16. The Morgan fingerprint density at radius 2 is 1.74 bits per heavy atom. The molecule has 19 heavy (non-hydrogen) atoms. The summed E-state index contributed by atoms with van der Waals surface area (Å²) in [6.07, 6.45) is 0. The molecule has 2 aromatic carbocycles. The number of halogens is 1. The molecule has 100 valence electrons. The van der Waals surface area contributed by atoms with Crippen LogP contribution in [0.25, 0.3) is 0 Å². The van der Waals surface area contributed by atoms with Crippen LogP contribution < -0.4 is 10.1 Å². The minimum Gasteiger partial charge on any atom is -0.492 e. The van der Waals surface area contributed by atoms with Crippen molar-refractivity contribution in [2.75, 3.05) is 18.5 Å². The van der Waals surface area contributed by atoms with Crippen LogP contribution in [0.5, 0.6) is 5.75 Å². The summed E-state index contributed by atoms with van der Waals surface area (Å²) in [6, 6.07) is 14.3. The average Bonchev–Trinajstić information content (AvgIpc) is 2.41. The molecule has 2 rings (SSSR count). The van der Waals surface area contributed by atoms with Crippen molar-refractivity contribution >= 4 is 21.6 Å². The number of anilines is 1. The second kappa shape index (κ2) is 6.62. The van der Waals surface area contributed by atoms with Gasteiger partial charge in [0, 0.05) is 16.7 Å². The maximum atomic E-state index is 5.65. The van der Waals surface area contributed by atoms with E-state index >= 15 is 0 Å². The third-order valence-corrected chi connectivity index (χ3v) is 3.55. The molecule has 2 nitrogen and oxygen atoms in total. The number of ether oxygens (including phenoxy) is 1. The Morgan fingerprint density at radius 3 is 2.42 bits per heavy atom. The number of aryl methyl sites for hydroxylation is 2. The highest BCUT2D eigenvalue weighted by Gasteiger charge is 1.97. The van der Waals surface area contributed by atoms with E-state index in [0.717, 1.165) is 22.5 Å². The van der Waals surface area contributed by atoms with Gasteiger partial charge >= 0.3 is 0 Å². The molecule has 0 aromatic heterocycles. The zero-order valence-corrected chi connectivity index (χ0v) is 12.8. The first-order chi connectivity index (χ1) is 9.15. The molecule has 1 N–H and O–H groups in total. The molecular formula is C16H18BrNO. The van der Waals surface area contributed by atoms with Gasteiger partial charge in [0.25, 0.3) is 0 Å². The summed E-state index contributed by atoms with van der Waals surface area (Å²) in [6.45, 7) is 5.68. The summed E-state index contributed by atoms with van der Waals surface area (Å²) in [5.74, 6) is 0.894. The second-order valence-corrected chi connectivity index (χ2v) is 5.44. The van der Waals surface area contributed by atoms with E-state index in [1.807, 2.05) is 24.3 Å². The Balaban J connectivity index is 1.77. The Morgan fingerprint density at radius 1 is 1.00 bits per heavy atom. The normalized spacial score (nSPS) is 10.3. The summed E-state index contributed by atoms with van der Waals surface area (Å²) in [5.41, 5.74) is 3.76. The number of hydrogen-bond acceptors (Lipinski definition) is 2. The van der Waals surface area contributed by atoms with E-state index in [9.17, 15) is 0 Å². The van der Waals surface area contributed by atoms with E-state index in [1.165, 1.54) is 11.1 Å². The molecule has 0 radical (unpaired) electrons. The van der Waals surface area contributed by atoms with Gasteiger partial charge in [-0.15, -0.1) is 0 Å². The first-order valence-electron chi connectivity index (χ1n) is 6.34. The second-order valence-electron chi connectivity index (χ2n) is 4.53. The molecule has 0 saturated heterocycles. The molecular weight excluding hydrogens is 302 g/mol. The molecule has 3 heteroatoms. The summed E-state index contributed by atoms with van der Waals surface area (Å²) < 4.78 is 6.72. The molecule has 0 aliphatic rings. The van der Waals surface area contributed by atoms with Crippen molar-refractivity contribution in [3.05, 3.63) is 58.1 Å². The maximum absolute atomic E-state index is 5.65. The highest BCUT2D eigenvalue weighted by atomic mass is 79.9. The number of rotatable bonds is 5. The first-order valence-corrected chi connectivity index (χ1v) is 7.14. The fourth-order valence-corrected chi connectivity index (χ4v) is 2.01. The zero-order chi connectivity index (χ0) is 13.7. The lowest BCUT2D eigenvalue weighted by Gasteiger charge is -2.10. The number of benzene rings is 2. The van der Waals surface area contributed by atoms with Crippen LogP contribution in [0.1, 0.15) is 11.1 Å². The van der Waals surface area contributed by atoms with Crippen molar-refractivity contribution in [1.29, 1.82) is 0 Å². The van der Waals surface area contributed by atoms with Crippen LogP contribution in [-0.2, 0) is 0 Å². The molecule has 0 heterocycles. The van der Waals surface area contributed by atoms with Crippen LogP contribution in [0.3, 0.4) is 0 Å². The Bertz CT molecular complexity index is 537. The molecule has 0 atom stereocenters. The Labute approximate surface area is 122 Å². The van der Waals surface area contributed by atoms with Gasteiger partial charge in [0.1, 0.15) is 12.4 Å². The van der Waals surface area contributed by atoms with Crippen molar-refractivity contribution in [3.8, 4) is 5.75 Å². The van der Waals surface area contributed by atoms with Gasteiger partial charge in [-0.3, -0.25) is 0 Å². The van der Waals surface area contributed by atoms with Gasteiger partial charge in [0.05, 0.1) is 0 Å². The van der Waals surface area contributed by atoms with Gasteiger partial charge in [0.2, 0.25) is 0 Å². The fourth-order valence-electron chi connectivity index (χ4n) is 1.75. The highest BCUT2D eigenvalue weighted by molar-refractivity contribution is 9.10. The summed E-state index contributed by atoms with van der Waals surface area (Å²) in [5, 5.41) is 3.36. The summed E-state index contributed by atoms with van der Waals surface area (Å²) in [7, 11) is 0. The van der Waals surface area contributed by atoms with Crippen molar-refractivity contribution in [2.45, 2.75) is 13.8 Å². The third-order valence-electron chi connectivity index (χ3n) is 3.02. The maximum Gasteiger partial charge on any atom is 0.119 e. The van der Waals surface area contributed by atoms with Gasteiger partial charge < -0.3 is 10.1 Å². The van der Waals surface area contributed by atoms with Crippen molar-refractivity contribution in [3.63, 3.8) is 0 Å². The van der Waals surface area contributed by atoms with Crippen molar-refractivity contribution < 1.29 is 4.74 Å². The van der Waals surface area contributed by atoms with Gasteiger partial charge in [0.15, 0.2) is 0 Å². The Hall–Kier alpha value is -1.48. The van der Waals surface area contributed by atoms with E-state index in [1.54, 1.807) is 0 Å². The fraction of sp³-hybridized carbons (Fsp3) is 0.250. The quantitative estimate of drug-likeness (QED) is 0.816. The average molecular weight is 320 g/mol. The van der Waals surface area contributed by atoms with E-state index in [-0.39, 0.29) is 0 Å². The van der Waals surface area contributed by atoms with Crippen LogP contribution in [-0.4, -0.2) is 13.2 Å². The minimum atomic E-state index is 0.647. The van der Waals surface area contributed by atoms with Crippen LogP contribution in [0.2, 0.25) is 0 Å². The minimum absolute atomic E-state index is 0.647. The Kier molecular flexibility index (Phi) is 4.86. The predicted molar refractivity (Wildman–Crippen MR) is 84.0 cm³/mol. The standard InChI is InChI=1S/C16H18BrNO/c1-12-3-6-15(11-13(12)2)18-9-10-19-16-7-4-14(17)5-8-16/h3-8,11,18H,9-10H2,1-2H3. The third kappa shape index (κ3) is 4.28. The van der Waals surface area contributed by atoms with Gasteiger partial charge in [-0.25, -0.2) is 0 Å². The summed E-state index contributed by atoms with van der Waals surface area (Å²) >= 11 is 3.40. The van der Waals surface area contributed by atoms with E-state index < -0.39 is 0 Å². The SMILES string of the molecule is Cc1ccc(NCCOc2ccc(Br)cc2)cc1C. The lowest BCUT2D eigenvalue weighted by atomic mass is 10.1. The van der Waals surface area contributed by atoms with Crippen LogP contribution in [0.15, 0.2) is 46.9 Å². The van der Waals surface area contributed by atoms with Crippen molar-refractivity contribution in [2.24, 2.45) is 0 Å². The number of nitrogens with one attached hydrogen (secondary N) is 1. The molecule has 2 aromatic rings. The molecule has 0 aliphatic carbocycles.